The van der Waals surface area contributed by atoms with Crippen molar-refractivity contribution < 1.29 is 9.13 Å². The summed E-state index contributed by atoms with van der Waals surface area (Å²) in [4.78, 5) is 4.24. The van der Waals surface area contributed by atoms with Gasteiger partial charge in [-0.3, -0.25) is 4.98 Å². The van der Waals surface area contributed by atoms with Crippen LogP contribution in [0.1, 0.15) is 16.8 Å². The van der Waals surface area contributed by atoms with E-state index in [1.165, 1.54) is 12.1 Å². The van der Waals surface area contributed by atoms with Crippen LogP contribution < -0.4 is 10.5 Å². The molecular weight excluding hydrogens is 243 g/mol. The van der Waals surface area contributed by atoms with Crippen LogP contribution in [0.4, 0.5) is 4.39 Å². The molecule has 1 aromatic carbocycles. The average Bonchev–Trinajstić information content (AvgIpc) is 2.37. The zero-order chi connectivity index (χ0) is 13.7. The normalized spacial score (nSPS) is 10.5. The second-order valence-corrected chi connectivity index (χ2v) is 4.39. The highest BCUT2D eigenvalue weighted by Crippen LogP contribution is 2.18. The molecule has 0 spiro atoms. The molecule has 0 fully saturated rings. The number of hydrogen-bond donors (Lipinski definition) is 1. The summed E-state index contributed by atoms with van der Waals surface area (Å²) in [5.41, 5.74) is 8.23. The van der Waals surface area contributed by atoms with E-state index in [0.29, 0.717) is 25.3 Å². The van der Waals surface area contributed by atoms with Crippen molar-refractivity contribution in [2.24, 2.45) is 5.73 Å². The molecule has 0 aliphatic heterocycles. The third-order valence-electron chi connectivity index (χ3n) is 2.86. The molecule has 0 aliphatic carbocycles. The predicted molar refractivity (Wildman–Crippen MR) is 72.5 cm³/mol. The highest BCUT2D eigenvalue weighted by molar-refractivity contribution is 5.30. The molecule has 1 heterocycles. The minimum Gasteiger partial charge on any atom is -0.487 e. The Hall–Kier alpha value is -1.94. The van der Waals surface area contributed by atoms with Gasteiger partial charge in [0.1, 0.15) is 18.2 Å². The van der Waals surface area contributed by atoms with Crippen LogP contribution in [0.5, 0.6) is 5.75 Å². The van der Waals surface area contributed by atoms with Crippen molar-refractivity contribution in [2.75, 3.05) is 6.54 Å². The Labute approximate surface area is 112 Å². The summed E-state index contributed by atoms with van der Waals surface area (Å²) < 4.78 is 19.0. The summed E-state index contributed by atoms with van der Waals surface area (Å²) in [6, 6.07) is 8.51. The first kappa shape index (κ1) is 13.5. The summed E-state index contributed by atoms with van der Waals surface area (Å²) >= 11 is 0. The molecule has 2 N–H and O–H groups in total. The Morgan fingerprint density at radius 1 is 1.32 bits per heavy atom. The molecule has 0 saturated carbocycles. The zero-order valence-electron chi connectivity index (χ0n) is 10.9. The van der Waals surface area contributed by atoms with Crippen molar-refractivity contribution >= 4 is 0 Å². The predicted octanol–water partition coefficient (Wildman–Crippen LogP) is 2.61. The lowest BCUT2D eigenvalue weighted by molar-refractivity contribution is 0.298. The Bertz CT molecular complexity index is 558. The van der Waals surface area contributed by atoms with E-state index >= 15 is 0 Å². The Morgan fingerprint density at radius 3 is 2.89 bits per heavy atom. The minimum atomic E-state index is -0.307. The fourth-order valence-corrected chi connectivity index (χ4v) is 1.84. The van der Waals surface area contributed by atoms with Crippen molar-refractivity contribution in [3.8, 4) is 5.75 Å². The van der Waals surface area contributed by atoms with Gasteiger partial charge >= 0.3 is 0 Å². The molecule has 3 nitrogen and oxygen atoms in total. The van der Waals surface area contributed by atoms with Crippen LogP contribution in [0, 0.1) is 12.7 Å². The van der Waals surface area contributed by atoms with E-state index < -0.39 is 0 Å². The molecule has 0 unspecified atom stereocenters. The van der Waals surface area contributed by atoms with Gasteiger partial charge in [0.2, 0.25) is 0 Å². The number of aryl methyl sites for hydroxylation is 1. The zero-order valence-corrected chi connectivity index (χ0v) is 10.9. The number of ether oxygens (including phenoxy) is 1. The van der Waals surface area contributed by atoms with E-state index in [4.69, 9.17) is 10.5 Å². The van der Waals surface area contributed by atoms with Crippen molar-refractivity contribution in [1.29, 1.82) is 0 Å². The van der Waals surface area contributed by atoms with Gasteiger partial charge in [-0.05, 0) is 49.2 Å². The third kappa shape index (κ3) is 3.76. The molecule has 0 radical (unpaired) electrons. The Morgan fingerprint density at radius 2 is 2.16 bits per heavy atom. The molecule has 0 amide bonds. The van der Waals surface area contributed by atoms with Crippen LogP contribution in [0.15, 0.2) is 36.5 Å². The summed E-state index contributed by atoms with van der Waals surface area (Å²) in [6.45, 7) is 2.79. The molecule has 0 bridgehead atoms. The van der Waals surface area contributed by atoms with Gasteiger partial charge in [-0.2, -0.15) is 0 Å². The maximum atomic E-state index is 13.4. The van der Waals surface area contributed by atoms with Crippen molar-refractivity contribution in [3.63, 3.8) is 0 Å². The summed E-state index contributed by atoms with van der Waals surface area (Å²) in [6.07, 6.45) is 2.36. The number of aromatic nitrogens is 1. The molecule has 4 heteroatoms. The molecule has 0 saturated heterocycles. The van der Waals surface area contributed by atoms with Crippen LogP contribution >= 0.6 is 0 Å². The number of benzene rings is 1. The molecule has 100 valence electrons. The van der Waals surface area contributed by atoms with Crippen molar-refractivity contribution in [1.82, 2.24) is 4.98 Å². The summed E-state index contributed by atoms with van der Waals surface area (Å²) in [5, 5.41) is 0. The number of rotatable bonds is 5. The largest absolute Gasteiger partial charge is 0.487 e. The van der Waals surface area contributed by atoms with Crippen LogP contribution in [0.2, 0.25) is 0 Å². The molecule has 19 heavy (non-hydrogen) atoms. The van der Waals surface area contributed by atoms with Gasteiger partial charge < -0.3 is 10.5 Å². The monoisotopic (exact) mass is 260 g/mol. The molecule has 2 aromatic rings. The van der Waals surface area contributed by atoms with E-state index in [1.807, 2.05) is 25.1 Å². The number of nitrogens with two attached hydrogens (primary N) is 1. The molecule has 0 atom stereocenters. The first-order valence-electron chi connectivity index (χ1n) is 6.22. The maximum absolute atomic E-state index is 13.4. The van der Waals surface area contributed by atoms with Gasteiger partial charge in [0, 0.05) is 12.3 Å². The quantitative estimate of drug-likeness (QED) is 0.899. The lowest BCUT2D eigenvalue weighted by Gasteiger charge is -2.09. The van der Waals surface area contributed by atoms with Crippen LogP contribution in [0.25, 0.3) is 0 Å². The first-order chi connectivity index (χ1) is 9.19. The van der Waals surface area contributed by atoms with E-state index in [-0.39, 0.29) is 5.82 Å². The summed E-state index contributed by atoms with van der Waals surface area (Å²) in [5.74, 6) is 0.201. The van der Waals surface area contributed by atoms with E-state index in [9.17, 15) is 4.39 Å². The van der Waals surface area contributed by atoms with Crippen LogP contribution in [-0.4, -0.2) is 11.5 Å². The number of nitrogens with zero attached hydrogens (tertiary/aromatic N) is 1. The topological polar surface area (TPSA) is 48.1 Å². The summed E-state index contributed by atoms with van der Waals surface area (Å²) in [7, 11) is 0. The molecule has 1 aromatic heterocycles. The van der Waals surface area contributed by atoms with Gasteiger partial charge in [0.25, 0.3) is 0 Å². The number of halogens is 1. The maximum Gasteiger partial charge on any atom is 0.130 e. The lowest BCUT2D eigenvalue weighted by atomic mass is 10.1. The van der Waals surface area contributed by atoms with E-state index in [2.05, 4.69) is 4.98 Å². The van der Waals surface area contributed by atoms with Crippen LogP contribution in [0.3, 0.4) is 0 Å². The SMILES string of the molecule is Cc1cccnc1COc1cc(F)cc(CCN)c1. The van der Waals surface area contributed by atoms with Gasteiger partial charge in [0.05, 0.1) is 5.69 Å². The van der Waals surface area contributed by atoms with Gasteiger partial charge in [-0.1, -0.05) is 6.07 Å². The second kappa shape index (κ2) is 6.29. The van der Waals surface area contributed by atoms with Gasteiger partial charge in [-0.25, -0.2) is 4.39 Å². The fraction of sp³-hybridized carbons (Fsp3) is 0.267. The van der Waals surface area contributed by atoms with Crippen LogP contribution in [-0.2, 0) is 13.0 Å². The highest BCUT2D eigenvalue weighted by atomic mass is 19.1. The Kier molecular flexibility index (Phi) is 4.47. The molecular formula is C15H17FN2O. The second-order valence-electron chi connectivity index (χ2n) is 4.39. The van der Waals surface area contributed by atoms with Gasteiger partial charge in [0.15, 0.2) is 0 Å². The standard InChI is InChI=1S/C15H17FN2O/c1-11-3-2-6-18-15(11)10-19-14-8-12(4-5-17)7-13(16)9-14/h2-3,6-9H,4-5,10,17H2,1H3. The average molecular weight is 260 g/mol. The van der Waals surface area contributed by atoms with E-state index in [1.54, 1.807) is 6.20 Å². The fourth-order valence-electron chi connectivity index (χ4n) is 1.84. The number of pyridine rings is 1. The Balaban J connectivity index is 2.09. The van der Waals surface area contributed by atoms with Crippen molar-refractivity contribution in [3.05, 3.63) is 59.2 Å². The number of hydrogen-bond acceptors (Lipinski definition) is 3. The smallest absolute Gasteiger partial charge is 0.130 e. The third-order valence-corrected chi connectivity index (χ3v) is 2.86. The van der Waals surface area contributed by atoms with E-state index in [0.717, 1.165) is 16.8 Å². The molecule has 2 rings (SSSR count). The first-order valence-corrected chi connectivity index (χ1v) is 6.22. The highest BCUT2D eigenvalue weighted by Gasteiger charge is 2.04. The lowest BCUT2D eigenvalue weighted by Crippen LogP contribution is -2.04. The molecule has 0 aliphatic rings. The minimum absolute atomic E-state index is 0.307. The van der Waals surface area contributed by atoms with Crippen molar-refractivity contribution in [2.45, 2.75) is 20.0 Å². The van der Waals surface area contributed by atoms with Gasteiger partial charge in [-0.15, -0.1) is 0 Å².